The van der Waals surface area contributed by atoms with Crippen LogP contribution in [0.1, 0.15) is 23.7 Å². The molecule has 2 aromatic rings. The van der Waals surface area contributed by atoms with Crippen molar-refractivity contribution >= 4 is 34.9 Å². The number of ether oxygens (including phenoxy) is 1. The quantitative estimate of drug-likeness (QED) is 0.680. The molecule has 0 spiro atoms. The first-order valence-electron chi connectivity index (χ1n) is 8.55. The van der Waals surface area contributed by atoms with E-state index in [1.807, 2.05) is 0 Å². The molecule has 0 aliphatic rings. The number of nitrogens with one attached hydrogen (secondary N) is 1. The molecule has 2 aromatic carbocycles. The second-order valence-electron chi connectivity index (χ2n) is 6.01. The van der Waals surface area contributed by atoms with Crippen molar-refractivity contribution in [3.8, 4) is 5.75 Å². The number of carbonyl (C=O) groups excluding carboxylic acids is 3. The predicted octanol–water partition coefficient (Wildman–Crippen LogP) is 3.55. The number of anilines is 1. The summed E-state index contributed by atoms with van der Waals surface area (Å²) in [5.41, 5.74) is 0.729. The zero-order valence-corrected chi connectivity index (χ0v) is 16.3. The summed E-state index contributed by atoms with van der Waals surface area (Å²) in [7, 11) is 1.45. The third kappa shape index (κ3) is 6.06. The van der Waals surface area contributed by atoms with Crippen LogP contribution >= 0.6 is 11.6 Å². The SMILES string of the molecule is CCC(=O)c1cc(Cl)ccc1OCC(=O)N(C)CC(=O)Nc1ccc(F)cc1. The van der Waals surface area contributed by atoms with Gasteiger partial charge in [-0.1, -0.05) is 18.5 Å². The van der Waals surface area contributed by atoms with Crippen LogP contribution in [0.4, 0.5) is 10.1 Å². The zero-order chi connectivity index (χ0) is 20.7. The third-order valence-electron chi connectivity index (χ3n) is 3.85. The molecule has 1 N–H and O–H groups in total. The highest BCUT2D eigenvalue weighted by Crippen LogP contribution is 2.24. The van der Waals surface area contributed by atoms with E-state index in [2.05, 4.69) is 5.32 Å². The van der Waals surface area contributed by atoms with Crippen LogP contribution in [0.5, 0.6) is 5.75 Å². The van der Waals surface area contributed by atoms with Crippen LogP contribution in [0.3, 0.4) is 0 Å². The molecule has 0 saturated heterocycles. The van der Waals surface area contributed by atoms with E-state index in [9.17, 15) is 18.8 Å². The predicted molar refractivity (Wildman–Crippen MR) is 104 cm³/mol. The average Bonchev–Trinajstić information content (AvgIpc) is 2.67. The highest BCUT2D eigenvalue weighted by atomic mass is 35.5. The van der Waals surface area contributed by atoms with Crippen molar-refractivity contribution in [2.75, 3.05) is 25.5 Å². The molecule has 2 amide bonds. The fraction of sp³-hybridized carbons (Fsp3) is 0.250. The fourth-order valence-electron chi connectivity index (χ4n) is 2.32. The van der Waals surface area contributed by atoms with Crippen molar-refractivity contribution in [1.82, 2.24) is 4.90 Å². The maximum Gasteiger partial charge on any atom is 0.260 e. The Bertz CT molecular complexity index is 871. The number of rotatable bonds is 8. The Morgan fingerprint density at radius 2 is 1.82 bits per heavy atom. The molecule has 8 heteroatoms. The van der Waals surface area contributed by atoms with Gasteiger partial charge in [-0.25, -0.2) is 4.39 Å². The first-order chi connectivity index (χ1) is 13.3. The van der Waals surface area contributed by atoms with Crippen molar-refractivity contribution in [2.45, 2.75) is 13.3 Å². The topological polar surface area (TPSA) is 75.7 Å². The summed E-state index contributed by atoms with van der Waals surface area (Å²) in [6.45, 7) is 1.17. The Morgan fingerprint density at radius 1 is 1.14 bits per heavy atom. The van der Waals surface area contributed by atoms with Crippen molar-refractivity contribution in [1.29, 1.82) is 0 Å². The van der Waals surface area contributed by atoms with Gasteiger partial charge in [0.15, 0.2) is 12.4 Å². The van der Waals surface area contributed by atoms with Crippen LogP contribution in [-0.2, 0) is 9.59 Å². The summed E-state index contributed by atoms with van der Waals surface area (Å²) < 4.78 is 18.3. The molecule has 0 atom stereocenters. The fourth-order valence-corrected chi connectivity index (χ4v) is 2.50. The van der Waals surface area contributed by atoms with Crippen molar-refractivity contribution in [3.63, 3.8) is 0 Å². The Hall–Kier alpha value is -2.93. The lowest BCUT2D eigenvalue weighted by atomic mass is 10.1. The van der Waals surface area contributed by atoms with Crippen LogP contribution in [0.25, 0.3) is 0 Å². The second-order valence-corrected chi connectivity index (χ2v) is 6.45. The van der Waals surface area contributed by atoms with E-state index in [4.69, 9.17) is 16.3 Å². The van der Waals surface area contributed by atoms with Gasteiger partial charge >= 0.3 is 0 Å². The highest BCUT2D eigenvalue weighted by molar-refractivity contribution is 6.31. The number of Topliss-reactive ketones (excluding diaryl/α,β-unsaturated/α-hetero) is 1. The van der Waals surface area contributed by atoms with E-state index in [1.54, 1.807) is 13.0 Å². The lowest BCUT2D eigenvalue weighted by Crippen LogP contribution is -2.37. The molecule has 0 aromatic heterocycles. The molecule has 0 saturated carbocycles. The Kier molecular flexibility index (Phi) is 7.52. The molecule has 2 rings (SSSR count). The van der Waals surface area contributed by atoms with Gasteiger partial charge in [-0.3, -0.25) is 14.4 Å². The number of nitrogens with zero attached hydrogens (tertiary/aromatic N) is 1. The average molecular weight is 407 g/mol. The molecule has 28 heavy (non-hydrogen) atoms. The number of halogens is 2. The highest BCUT2D eigenvalue weighted by Gasteiger charge is 2.17. The number of ketones is 1. The van der Waals surface area contributed by atoms with E-state index in [0.717, 1.165) is 0 Å². The standard InChI is InChI=1S/C20H20ClFN2O4/c1-3-17(25)16-10-13(21)4-9-18(16)28-12-20(27)24(2)11-19(26)23-15-7-5-14(22)6-8-15/h4-10H,3,11-12H2,1-2H3,(H,23,26). The molecule has 0 heterocycles. The Labute approximate surface area is 167 Å². The van der Waals surface area contributed by atoms with Crippen molar-refractivity contribution < 1.29 is 23.5 Å². The molecule has 0 unspecified atom stereocenters. The smallest absolute Gasteiger partial charge is 0.260 e. The monoisotopic (exact) mass is 406 g/mol. The second kappa shape index (κ2) is 9.85. The van der Waals surface area contributed by atoms with Gasteiger partial charge in [0.2, 0.25) is 5.91 Å². The molecular formula is C20H20ClFN2O4. The molecular weight excluding hydrogens is 387 g/mol. The first kappa shape index (κ1) is 21.4. The maximum atomic E-state index is 12.9. The third-order valence-corrected chi connectivity index (χ3v) is 4.08. The summed E-state index contributed by atoms with van der Waals surface area (Å²) in [6.07, 6.45) is 0.272. The normalized spacial score (nSPS) is 10.3. The minimum absolute atomic E-state index is 0.156. The summed E-state index contributed by atoms with van der Waals surface area (Å²) >= 11 is 5.92. The number of benzene rings is 2. The van der Waals surface area contributed by atoms with Gasteiger partial charge in [-0.2, -0.15) is 0 Å². The Balaban J connectivity index is 1.91. The molecule has 0 radical (unpaired) electrons. The van der Waals surface area contributed by atoms with Crippen molar-refractivity contribution in [2.24, 2.45) is 0 Å². The van der Waals surface area contributed by atoms with E-state index in [1.165, 1.54) is 48.3 Å². The first-order valence-corrected chi connectivity index (χ1v) is 8.93. The van der Waals surface area contributed by atoms with E-state index >= 15 is 0 Å². The van der Waals surface area contributed by atoms with Crippen LogP contribution in [0, 0.1) is 5.82 Å². The minimum atomic E-state index is -0.445. The lowest BCUT2D eigenvalue weighted by Gasteiger charge is -2.18. The van der Waals surface area contributed by atoms with Crippen molar-refractivity contribution in [3.05, 3.63) is 58.9 Å². The molecule has 0 aliphatic carbocycles. The van der Waals surface area contributed by atoms with Crippen LogP contribution < -0.4 is 10.1 Å². The molecule has 6 nitrogen and oxygen atoms in total. The van der Waals surface area contributed by atoms with Gasteiger partial charge in [0.05, 0.1) is 12.1 Å². The number of hydrogen-bond acceptors (Lipinski definition) is 4. The summed E-state index contributed by atoms with van der Waals surface area (Å²) in [6, 6.07) is 9.87. The number of hydrogen-bond donors (Lipinski definition) is 1. The minimum Gasteiger partial charge on any atom is -0.483 e. The van der Waals surface area contributed by atoms with Gasteiger partial charge in [-0.15, -0.1) is 0 Å². The van der Waals surface area contributed by atoms with Gasteiger partial charge in [0.1, 0.15) is 11.6 Å². The van der Waals surface area contributed by atoms with Gasteiger partial charge in [0.25, 0.3) is 5.91 Å². The van der Waals surface area contributed by atoms with Gasteiger partial charge in [-0.05, 0) is 42.5 Å². The zero-order valence-electron chi connectivity index (χ0n) is 15.5. The van der Waals surface area contributed by atoms with Crippen LogP contribution in [-0.4, -0.2) is 42.7 Å². The van der Waals surface area contributed by atoms with Crippen LogP contribution in [0.2, 0.25) is 5.02 Å². The van der Waals surface area contributed by atoms with E-state index < -0.39 is 17.6 Å². The maximum absolute atomic E-state index is 12.9. The number of likely N-dealkylation sites (N-methyl/N-ethyl adjacent to an activating group) is 1. The molecule has 0 bridgehead atoms. The van der Waals surface area contributed by atoms with Gasteiger partial charge in [0, 0.05) is 24.2 Å². The van der Waals surface area contributed by atoms with Gasteiger partial charge < -0.3 is 15.0 Å². The van der Waals surface area contributed by atoms with E-state index in [0.29, 0.717) is 16.3 Å². The summed E-state index contributed by atoms with van der Waals surface area (Å²) in [4.78, 5) is 37.4. The Morgan fingerprint density at radius 3 is 2.46 bits per heavy atom. The van der Waals surface area contributed by atoms with E-state index in [-0.39, 0.29) is 31.1 Å². The molecule has 0 fully saturated rings. The summed E-state index contributed by atoms with van der Waals surface area (Å²) in [5.74, 6) is -1.19. The summed E-state index contributed by atoms with van der Waals surface area (Å²) in [5, 5.41) is 2.96. The molecule has 148 valence electrons. The van der Waals surface area contributed by atoms with Crippen LogP contribution in [0.15, 0.2) is 42.5 Å². The largest absolute Gasteiger partial charge is 0.483 e. The number of carbonyl (C=O) groups is 3. The number of amides is 2. The lowest BCUT2D eigenvalue weighted by molar-refractivity contribution is -0.135. The molecule has 0 aliphatic heterocycles.